The topological polar surface area (TPSA) is 59.9 Å². The Labute approximate surface area is 147 Å². The largest absolute Gasteiger partial charge is 0.573 e. The van der Waals surface area contributed by atoms with Gasteiger partial charge in [0.25, 0.3) is 5.91 Å². The van der Waals surface area contributed by atoms with E-state index < -0.39 is 12.3 Å². The Morgan fingerprint density at radius 1 is 1.15 bits per heavy atom. The first-order valence-electron chi connectivity index (χ1n) is 7.82. The number of nitrogens with one attached hydrogen (secondary N) is 1. The van der Waals surface area contributed by atoms with Crippen LogP contribution >= 0.6 is 0 Å². The van der Waals surface area contributed by atoms with Gasteiger partial charge in [0, 0.05) is 18.5 Å². The van der Waals surface area contributed by atoms with E-state index in [1.165, 1.54) is 18.2 Å². The van der Waals surface area contributed by atoms with Gasteiger partial charge in [-0.25, -0.2) is 0 Å². The third-order valence-electron chi connectivity index (χ3n) is 3.74. The van der Waals surface area contributed by atoms with Crippen molar-refractivity contribution < 1.29 is 27.5 Å². The number of hydrogen-bond donors (Lipinski definition) is 1. The van der Waals surface area contributed by atoms with Crippen LogP contribution in [0.15, 0.2) is 59.8 Å². The molecule has 2 aromatic rings. The highest BCUT2D eigenvalue weighted by molar-refractivity contribution is 6.39. The fourth-order valence-electron chi connectivity index (χ4n) is 2.51. The summed E-state index contributed by atoms with van der Waals surface area (Å²) in [4.78, 5) is 17.5. The van der Waals surface area contributed by atoms with Gasteiger partial charge >= 0.3 is 6.36 Å². The summed E-state index contributed by atoms with van der Waals surface area (Å²) in [6.45, 7) is -0.125. The number of para-hydroxylation sites is 1. The number of nitrogens with zero attached hydrogens (tertiary/aromatic N) is 1. The summed E-state index contributed by atoms with van der Waals surface area (Å²) in [7, 11) is 0. The van der Waals surface area contributed by atoms with Gasteiger partial charge in [-0.1, -0.05) is 53.7 Å². The molecule has 3 rings (SSSR count). The minimum Gasteiger partial charge on any atom is -0.405 e. The molecule has 1 amide bonds. The summed E-state index contributed by atoms with van der Waals surface area (Å²) in [5.74, 6) is -0.850. The van der Waals surface area contributed by atoms with Gasteiger partial charge in [0.05, 0.1) is 0 Å². The number of carbonyl (C=O) groups is 1. The second-order valence-electron chi connectivity index (χ2n) is 5.59. The first-order valence-corrected chi connectivity index (χ1v) is 7.82. The van der Waals surface area contributed by atoms with Gasteiger partial charge in [-0.2, -0.15) is 0 Å². The van der Waals surface area contributed by atoms with E-state index in [0.717, 1.165) is 5.56 Å². The van der Waals surface area contributed by atoms with Gasteiger partial charge in [-0.3, -0.25) is 4.79 Å². The zero-order chi connectivity index (χ0) is 18.6. The Kier molecular flexibility index (Phi) is 5.11. The molecule has 1 atom stereocenters. The van der Waals surface area contributed by atoms with Gasteiger partial charge < -0.3 is 14.9 Å². The summed E-state index contributed by atoms with van der Waals surface area (Å²) in [6, 6.07) is 14.9. The summed E-state index contributed by atoms with van der Waals surface area (Å²) in [6.07, 6.45) is -4.86. The maximum absolute atomic E-state index is 12.4. The third kappa shape index (κ3) is 4.53. The van der Waals surface area contributed by atoms with Gasteiger partial charge in [0.1, 0.15) is 11.5 Å². The van der Waals surface area contributed by atoms with Crippen LogP contribution in [0.25, 0.3) is 0 Å². The van der Waals surface area contributed by atoms with Crippen molar-refractivity contribution in [1.29, 1.82) is 0 Å². The van der Waals surface area contributed by atoms with Crippen LogP contribution in [-0.4, -0.2) is 18.0 Å². The number of hydrogen-bond acceptors (Lipinski definition) is 4. The Bertz CT molecular complexity index is 807. The van der Waals surface area contributed by atoms with Crippen LogP contribution in [0.4, 0.5) is 13.2 Å². The molecule has 26 heavy (non-hydrogen) atoms. The minimum atomic E-state index is -4.80. The van der Waals surface area contributed by atoms with Crippen molar-refractivity contribution in [2.75, 3.05) is 0 Å². The van der Waals surface area contributed by atoms with E-state index in [0.29, 0.717) is 0 Å². The fraction of sp³-hybridized carbons (Fsp3) is 0.222. The first-order chi connectivity index (χ1) is 12.4. The smallest absolute Gasteiger partial charge is 0.405 e. The summed E-state index contributed by atoms with van der Waals surface area (Å²) < 4.78 is 41.2. The molecule has 0 saturated carbocycles. The van der Waals surface area contributed by atoms with Crippen molar-refractivity contribution >= 4 is 11.6 Å². The van der Waals surface area contributed by atoms with Crippen LogP contribution < -0.4 is 10.1 Å². The molecule has 1 heterocycles. The molecule has 0 bridgehead atoms. The standard InChI is InChI=1S/C18H15F3N2O3/c19-18(20,21)25-15-9-5-4-8-13(15)11-22-17(24)14-10-16(26-23-14)12-6-2-1-3-7-12/h1-9,16H,10-11H2,(H,22,24). The quantitative estimate of drug-likeness (QED) is 0.880. The number of halogens is 3. The van der Waals surface area contributed by atoms with Crippen molar-refractivity contribution in [3.8, 4) is 5.75 Å². The maximum Gasteiger partial charge on any atom is 0.573 e. The lowest BCUT2D eigenvalue weighted by atomic mass is 10.0. The molecular formula is C18H15F3N2O3. The lowest BCUT2D eigenvalue weighted by molar-refractivity contribution is -0.274. The van der Waals surface area contributed by atoms with Crippen LogP contribution in [-0.2, 0) is 16.2 Å². The molecule has 0 spiro atoms. The van der Waals surface area contributed by atoms with E-state index in [1.807, 2.05) is 30.3 Å². The molecule has 0 radical (unpaired) electrons. The first kappa shape index (κ1) is 17.8. The zero-order valence-electron chi connectivity index (χ0n) is 13.5. The number of amides is 1. The highest BCUT2D eigenvalue weighted by Gasteiger charge is 2.32. The van der Waals surface area contributed by atoms with E-state index in [9.17, 15) is 18.0 Å². The van der Waals surface area contributed by atoms with Crippen molar-refractivity contribution in [3.63, 3.8) is 0 Å². The minimum absolute atomic E-state index is 0.125. The molecule has 1 aliphatic rings. The number of oxime groups is 1. The Morgan fingerprint density at radius 3 is 2.58 bits per heavy atom. The Hall–Kier alpha value is -3.03. The molecule has 5 nitrogen and oxygen atoms in total. The van der Waals surface area contributed by atoms with E-state index in [1.54, 1.807) is 6.07 Å². The molecule has 136 valence electrons. The monoisotopic (exact) mass is 364 g/mol. The van der Waals surface area contributed by atoms with Gasteiger partial charge in [-0.05, 0) is 11.6 Å². The number of carbonyl (C=O) groups excluding carboxylic acids is 1. The van der Waals surface area contributed by atoms with Gasteiger partial charge in [0.2, 0.25) is 0 Å². The lowest BCUT2D eigenvalue weighted by Crippen LogP contribution is -2.30. The fourth-order valence-corrected chi connectivity index (χ4v) is 2.51. The summed E-state index contributed by atoms with van der Waals surface area (Å²) >= 11 is 0. The Morgan fingerprint density at radius 2 is 1.85 bits per heavy atom. The maximum atomic E-state index is 12.4. The van der Waals surface area contributed by atoms with Crippen LogP contribution in [0.3, 0.4) is 0 Å². The number of ether oxygens (including phenoxy) is 1. The Balaban J connectivity index is 1.59. The van der Waals surface area contributed by atoms with Crippen LogP contribution in [0.5, 0.6) is 5.75 Å². The average Bonchev–Trinajstić information content (AvgIpc) is 3.10. The van der Waals surface area contributed by atoms with Gasteiger partial charge in [0.15, 0.2) is 6.10 Å². The second-order valence-corrected chi connectivity index (χ2v) is 5.59. The van der Waals surface area contributed by atoms with Crippen molar-refractivity contribution in [1.82, 2.24) is 5.32 Å². The summed E-state index contributed by atoms with van der Waals surface area (Å²) in [5.41, 5.74) is 1.29. The molecule has 1 unspecified atom stereocenters. The van der Waals surface area contributed by atoms with Crippen molar-refractivity contribution in [3.05, 3.63) is 65.7 Å². The van der Waals surface area contributed by atoms with Gasteiger partial charge in [-0.15, -0.1) is 13.2 Å². The molecule has 0 aliphatic carbocycles. The normalized spacial score (nSPS) is 16.6. The second kappa shape index (κ2) is 7.47. The number of rotatable bonds is 5. The summed E-state index contributed by atoms with van der Waals surface area (Å²) in [5, 5.41) is 6.32. The van der Waals surface area contributed by atoms with Crippen molar-refractivity contribution in [2.24, 2.45) is 5.16 Å². The molecule has 0 saturated heterocycles. The van der Waals surface area contributed by atoms with Crippen LogP contribution in [0.2, 0.25) is 0 Å². The molecular weight excluding hydrogens is 349 g/mol. The predicted octanol–water partition coefficient (Wildman–Crippen LogP) is 3.72. The van der Waals surface area contributed by atoms with Crippen LogP contribution in [0.1, 0.15) is 23.7 Å². The number of alkyl halides is 3. The molecule has 2 aromatic carbocycles. The predicted molar refractivity (Wildman–Crippen MR) is 87.3 cm³/mol. The van der Waals surface area contributed by atoms with E-state index in [2.05, 4.69) is 15.2 Å². The average molecular weight is 364 g/mol. The lowest BCUT2D eigenvalue weighted by Gasteiger charge is -2.13. The highest BCUT2D eigenvalue weighted by Crippen LogP contribution is 2.28. The highest BCUT2D eigenvalue weighted by atomic mass is 19.4. The molecule has 8 heteroatoms. The van der Waals surface area contributed by atoms with E-state index in [-0.39, 0.29) is 36.1 Å². The third-order valence-corrected chi connectivity index (χ3v) is 3.74. The van der Waals surface area contributed by atoms with Crippen LogP contribution in [0, 0.1) is 0 Å². The molecule has 0 fully saturated rings. The molecule has 0 aromatic heterocycles. The number of benzene rings is 2. The molecule has 1 aliphatic heterocycles. The SMILES string of the molecule is O=C(NCc1ccccc1OC(F)(F)F)C1=NOC(c2ccccc2)C1. The van der Waals surface area contributed by atoms with Crippen molar-refractivity contribution in [2.45, 2.75) is 25.4 Å². The molecule has 1 N–H and O–H groups in total. The van der Waals surface area contributed by atoms with E-state index >= 15 is 0 Å². The zero-order valence-corrected chi connectivity index (χ0v) is 13.5. The van der Waals surface area contributed by atoms with E-state index in [4.69, 9.17) is 4.84 Å².